The molecule has 1 aromatic carbocycles. The fourth-order valence-corrected chi connectivity index (χ4v) is 1.09. The molecule has 0 aliphatic rings. The van der Waals surface area contributed by atoms with E-state index in [4.69, 9.17) is 0 Å². The van der Waals surface area contributed by atoms with Crippen LogP contribution in [-0.2, 0) is 0 Å². The topological polar surface area (TPSA) is 37.3 Å². The summed E-state index contributed by atoms with van der Waals surface area (Å²) in [6, 6.07) is 5.12. The van der Waals surface area contributed by atoms with Crippen LogP contribution < -0.4 is 5.46 Å². The monoisotopic (exact) mass is 162 g/mol. The summed E-state index contributed by atoms with van der Waals surface area (Å²) in [4.78, 5) is 11.0. The van der Waals surface area contributed by atoms with E-state index in [9.17, 15) is 9.90 Å². The molecule has 0 atom stereocenters. The summed E-state index contributed by atoms with van der Waals surface area (Å²) in [7, 11) is 0.876. The van der Waals surface area contributed by atoms with Gasteiger partial charge in [0.05, 0.1) is 5.56 Å². The predicted octanol–water partition coefficient (Wildman–Crippen LogP) is 0.705. The van der Waals surface area contributed by atoms with E-state index in [2.05, 4.69) is 0 Å². The number of carbonyl (C=O) groups is 1. The van der Waals surface area contributed by atoms with Gasteiger partial charge >= 0.3 is 0 Å². The number of hydrogen-bond acceptors (Lipinski definition) is 2. The summed E-state index contributed by atoms with van der Waals surface area (Å²) in [6.45, 7) is 3.46. The standard InChI is InChI=1S/C9H11BO2/c1-6(11)8-5-7(10-2)3-4-9(8)12/h3-5,10,12H,1-2H3. The molecule has 0 amide bonds. The second-order valence-corrected chi connectivity index (χ2v) is 2.76. The Balaban J connectivity index is 3.17. The van der Waals surface area contributed by atoms with Crippen molar-refractivity contribution < 1.29 is 9.90 Å². The first-order valence-corrected chi connectivity index (χ1v) is 3.98. The maximum absolute atomic E-state index is 11.0. The first-order valence-electron chi connectivity index (χ1n) is 3.98. The minimum Gasteiger partial charge on any atom is -0.507 e. The van der Waals surface area contributed by atoms with Gasteiger partial charge in [-0.1, -0.05) is 24.4 Å². The zero-order valence-corrected chi connectivity index (χ0v) is 7.29. The van der Waals surface area contributed by atoms with Crippen LogP contribution in [0.1, 0.15) is 17.3 Å². The van der Waals surface area contributed by atoms with Crippen molar-refractivity contribution in [2.24, 2.45) is 0 Å². The van der Waals surface area contributed by atoms with E-state index in [0.29, 0.717) is 5.56 Å². The largest absolute Gasteiger partial charge is 0.507 e. The van der Waals surface area contributed by atoms with Crippen LogP contribution in [0.15, 0.2) is 18.2 Å². The maximum Gasteiger partial charge on any atom is 0.163 e. The molecule has 0 bridgehead atoms. The average molecular weight is 162 g/mol. The molecule has 1 rings (SSSR count). The lowest BCUT2D eigenvalue weighted by Crippen LogP contribution is -2.11. The van der Waals surface area contributed by atoms with Crippen LogP contribution in [0.2, 0.25) is 6.82 Å². The fraction of sp³-hybridized carbons (Fsp3) is 0.222. The number of hydrogen-bond donors (Lipinski definition) is 1. The van der Waals surface area contributed by atoms with Crippen LogP contribution >= 0.6 is 0 Å². The van der Waals surface area contributed by atoms with Gasteiger partial charge < -0.3 is 5.11 Å². The molecule has 0 heterocycles. The lowest BCUT2D eigenvalue weighted by Gasteiger charge is -2.01. The number of carbonyl (C=O) groups excluding carboxylic acids is 1. The van der Waals surface area contributed by atoms with Crippen LogP contribution in [0.25, 0.3) is 0 Å². The van der Waals surface area contributed by atoms with Crippen molar-refractivity contribution >= 4 is 18.5 Å². The smallest absolute Gasteiger partial charge is 0.163 e. The summed E-state index contributed by atoms with van der Waals surface area (Å²) < 4.78 is 0. The molecule has 12 heavy (non-hydrogen) atoms. The third-order valence-corrected chi connectivity index (χ3v) is 1.85. The molecule has 3 heteroatoms. The summed E-state index contributed by atoms with van der Waals surface area (Å²) in [5, 5.41) is 9.28. The first kappa shape index (κ1) is 8.85. The van der Waals surface area contributed by atoms with Gasteiger partial charge in [-0.25, -0.2) is 0 Å². The lowest BCUT2D eigenvalue weighted by molar-refractivity contribution is 0.101. The van der Waals surface area contributed by atoms with Crippen molar-refractivity contribution in [2.75, 3.05) is 0 Å². The van der Waals surface area contributed by atoms with Crippen molar-refractivity contribution in [2.45, 2.75) is 13.7 Å². The number of ketones is 1. The minimum absolute atomic E-state index is 0.0692. The zero-order chi connectivity index (χ0) is 9.14. The number of rotatable bonds is 2. The molecule has 0 radical (unpaired) electrons. The van der Waals surface area contributed by atoms with Crippen LogP contribution in [0, 0.1) is 0 Å². The van der Waals surface area contributed by atoms with Crippen LogP contribution in [0.5, 0.6) is 5.75 Å². The van der Waals surface area contributed by atoms with E-state index in [0.717, 1.165) is 12.7 Å². The normalized spacial score (nSPS) is 9.50. The lowest BCUT2D eigenvalue weighted by atomic mass is 9.73. The Labute approximate surface area is 72.5 Å². The molecule has 62 valence electrons. The van der Waals surface area contributed by atoms with Gasteiger partial charge in [0, 0.05) is 0 Å². The van der Waals surface area contributed by atoms with E-state index in [-0.39, 0.29) is 11.5 Å². The molecular formula is C9H11BO2. The summed E-state index contributed by atoms with van der Waals surface area (Å²) in [6.07, 6.45) is 0. The molecule has 0 aliphatic carbocycles. The third-order valence-electron chi connectivity index (χ3n) is 1.85. The Morgan fingerprint density at radius 2 is 2.17 bits per heavy atom. The molecule has 1 N–H and O–H groups in total. The zero-order valence-electron chi connectivity index (χ0n) is 7.29. The third kappa shape index (κ3) is 1.67. The van der Waals surface area contributed by atoms with Crippen LogP contribution in [-0.4, -0.2) is 18.2 Å². The van der Waals surface area contributed by atoms with Gasteiger partial charge in [0.2, 0.25) is 0 Å². The van der Waals surface area contributed by atoms with Gasteiger partial charge in [-0.15, -0.1) is 0 Å². The molecule has 0 aliphatic heterocycles. The second-order valence-electron chi connectivity index (χ2n) is 2.76. The molecule has 0 unspecified atom stereocenters. The quantitative estimate of drug-likeness (QED) is 0.513. The highest BCUT2D eigenvalue weighted by molar-refractivity contribution is 6.52. The van der Waals surface area contributed by atoms with Crippen molar-refractivity contribution in [3.05, 3.63) is 23.8 Å². The Bertz CT molecular complexity index is 307. The van der Waals surface area contributed by atoms with Crippen LogP contribution in [0.4, 0.5) is 0 Å². The van der Waals surface area contributed by atoms with Crippen molar-refractivity contribution in [3.8, 4) is 5.75 Å². The number of phenols is 1. The van der Waals surface area contributed by atoms with Gasteiger partial charge in [0.15, 0.2) is 13.1 Å². The molecule has 0 fully saturated rings. The maximum atomic E-state index is 11.0. The van der Waals surface area contributed by atoms with Gasteiger partial charge in [0.1, 0.15) is 5.75 Å². The Kier molecular flexibility index (Phi) is 2.53. The number of phenolic OH excluding ortho intramolecular Hbond substituents is 1. The van der Waals surface area contributed by atoms with Crippen molar-refractivity contribution in [3.63, 3.8) is 0 Å². The van der Waals surface area contributed by atoms with E-state index in [1.165, 1.54) is 6.92 Å². The summed E-state index contributed by atoms with van der Waals surface area (Å²) >= 11 is 0. The molecule has 0 saturated heterocycles. The predicted molar refractivity (Wildman–Crippen MR) is 50.8 cm³/mol. The molecule has 2 nitrogen and oxygen atoms in total. The highest BCUT2D eigenvalue weighted by Crippen LogP contribution is 2.14. The first-order chi connectivity index (χ1) is 5.65. The molecule has 0 aromatic heterocycles. The van der Waals surface area contributed by atoms with Crippen molar-refractivity contribution in [1.29, 1.82) is 0 Å². The van der Waals surface area contributed by atoms with Gasteiger partial charge in [0.25, 0.3) is 0 Å². The van der Waals surface area contributed by atoms with Gasteiger partial charge in [-0.3, -0.25) is 4.79 Å². The number of Topliss-reactive ketones (excluding diaryl/α,β-unsaturated/α-hetero) is 1. The molecule has 1 aromatic rings. The number of benzene rings is 1. The highest BCUT2D eigenvalue weighted by atomic mass is 16.3. The molecule has 0 spiro atoms. The molecular weight excluding hydrogens is 151 g/mol. The Morgan fingerprint density at radius 3 is 2.67 bits per heavy atom. The van der Waals surface area contributed by atoms with Crippen LogP contribution in [0.3, 0.4) is 0 Å². The molecule has 0 saturated carbocycles. The Morgan fingerprint density at radius 1 is 1.50 bits per heavy atom. The van der Waals surface area contributed by atoms with Gasteiger partial charge in [-0.2, -0.15) is 0 Å². The second kappa shape index (κ2) is 3.43. The van der Waals surface area contributed by atoms with Crippen molar-refractivity contribution in [1.82, 2.24) is 0 Å². The van der Waals surface area contributed by atoms with E-state index in [1.54, 1.807) is 12.1 Å². The summed E-state index contributed by atoms with van der Waals surface area (Å²) in [5.41, 5.74) is 1.48. The summed E-state index contributed by atoms with van der Waals surface area (Å²) in [5.74, 6) is -0.0255. The average Bonchev–Trinajstić information content (AvgIpc) is 2.05. The van der Waals surface area contributed by atoms with E-state index >= 15 is 0 Å². The number of aromatic hydroxyl groups is 1. The van der Waals surface area contributed by atoms with E-state index in [1.807, 2.05) is 12.9 Å². The van der Waals surface area contributed by atoms with Gasteiger partial charge in [-0.05, 0) is 13.0 Å². The van der Waals surface area contributed by atoms with E-state index < -0.39 is 0 Å². The SMILES string of the molecule is CBc1ccc(O)c(C(C)=O)c1. The minimum atomic E-state index is -0.0946. The highest BCUT2D eigenvalue weighted by Gasteiger charge is 2.05. The fourth-order valence-electron chi connectivity index (χ4n) is 1.09. The Hall–Kier alpha value is -1.25.